The van der Waals surface area contributed by atoms with E-state index in [0.717, 1.165) is 34.1 Å². The van der Waals surface area contributed by atoms with Gasteiger partial charge in [0.25, 0.3) is 0 Å². The zero-order valence-corrected chi connectivity index (χ0v) is 15.6. The molecular formula is C22H21NO4. The minimum atomic E-state index is -0.432. The normalized spacial score (nSPS) is 11.4. The standard InChI is InChI=1S/C22H21NO4/c1-15-19-6-4-5-7-20(19)23(21(15)14-24)13-17(22(25)27-3)12-16-8-10-18(26-2)11-9-16/h4-12,14H,13H2,1-3H3/b17-12+. The van der Waals surface area contributed by atoms with Crippen LogP contribution >= 0.6 is 0 Å². The first kappa shape index (κ1) is 18.5. The molecule has 0 aliphatic carbocycles. The van der Waals surface area contributed by atoms with Crippen LogP contribution in [0.2, 0.25) is 0 Å². The molecule has 0 N–H and O–H groups in total. The molecule has 3 aromatic rings. The first-order chi connectivity index (χ1) is 13.1. The Bertz CT molecular complexity index is 1010. The molecule has 0 aliphatic rings. The Kier molecular flexibility index (Phi) is 5.41. The van der Waals surface area contributed by atoms with Gasteiger partial charge in [0.05, 0.1) is 32.0 Å². The van der Waals surface area contributed by atoms with Gasteiger partial charge in [-0.2, -0.15) is 0 Å². The van der Waals surface area contributed by atoms with Crippen LogP contribution in [0.25, 0.3) is 17.0 Å². The highest BCUT2D eigenvalue weighted by Crippen LogP contribution is 2.26. The Labute approximate surface area is 157 Å². The molecule has 2 aromatic carbocycles. The molecule has 138 valence electrons. The molecule has 27 heavy (non-hydrogen) atoms. The van der Waals surface area contributed by atoms with Gasteiger partial charge in [0.15, 0.2) is 6.29 Å². The second kappa shape index (κ2) is 7.91. The van der Waals surface area contributed by atoms with E-state index in [1.54, 1.807) is 13.2 Å². The van der Waals surface area contributed by atoms with Gasteiger partial charge >= 0.3 is 5.97 Å². The summed E-state index contributed by atoms with van der Waals surface area (Å²) in [5, 5.41) is 0.994. The topological polar surface area (TPSA) is 57.5 Å². The third-order valence-electron chi connectivity index (χ3n) is 4.62. The number of ether oxygens (including phenoxy) is 2. The van der Waals surface area contributed by atoms with Gasteiger partial charge in [-0.05, 0) is 42.3 Å². The van der Waals surface area contributed by atoms with E-state index in [-0.39, 0.29) is 6.54 Å². The zero-order valence-electron chi connectivity index (χ0n) is 15.6. The number of fused-ring (bicyclic) bond motifs is 1. The van der Waals surface area contributed by atoms with Gasteiger partial charge in [-0.25, -0.2) is 4.79 Å². The molecule has 3 rings (SSSR count). The summed E-state index contributed by atoms with van der Waals surface area (Å²) in [5.74, 6) is 0.306. The Morgan fingerprint density at radius 3 is 2.41 bits per heavy atom. The maximum absolute atomic E-state index is 12.4. The number of carbonyl (C=O) groups excluding carboxylic acids is 2. The molecule has 0 amide bonds. The average Bonchev–Trinajstić information content (AvgIpc) is 2.98. The van der Waals surface area contributed by atoms with Crippen LogP contribution in [0.3, 0.4) is 0 Å². The molecule has 1 heterocycles. The first-order valence-corrected chi connectivity index (χ1v) is 8.55. The number of carbonyl (C=O) groups is 2. The number of hydrogen-bond acceptors (Lipinski definition) is 4. The van der Waals surface area contributed by atoms with Crippen LogP contribution in [-0.2, 0) is 16.1 Å². The fourth-order valence-electron chi connectivity index (χ4n) is 3.19. The Morgan fingerprint density at radius 2 is 1.78 bits per heavy atom. The van der Waals surface area contributed by atoms with Crippen LogP contribution in [0.5, 0.6) is 5.75 Å². The Morgan fingerprint density at radius 1 is 1.07 bits per heavy atom. The molecule has 0 saturated heterocycles. The van der Waals surface area contributed by atoms with Crippen LogP contribution in [0.4, 0.5) is 0 Å². The maximum Gasteiger partial charge on any atom is 0.335 e. The number of hydrogen-bond donors (Lipinski definition) is 0. The van der Waals surface area contributed by atoms with Crippen molar-refractivity contribution in [2.75, 3.05) is 14.2 Å². The van der Waals surface area contributed by atoms with Crippen molar-refractivity contribution in [1.29, 1.82) is 0 Å². The van der Waals surface area contributed by atoms with Crippen molar-refractivity contribution in [2.24, 2.45) is 0 Å². The fraction of sp³-hybridized carbons (Fsp3) is 0.182. The molecule has 5 nitrogen and oxygen atoms in total. The number of para-hydroxylation sites is 1. The van der Waals surface area contributed by atoms with Gasteiger partial charge in [-0.1, -0.05) is 30.3 Å². The summed E-state index contributed by atoms with van der Waals surface area (Å²) in [5.41, 5.74) is 3.65. The summed E-state index contributed by atoms with van der Waals surface area (Å²) < 4.78 is 12.0. The summed E-state index contributed by atoms with van der Waals surface area (Å²) in [6, 6.07) is 15.1. The molecule has 1 aromatic heterocycles. The second-order valence-corrected chi connectivity index (χ2v) is 6.17. The van der Waals surface area contributed by atoms with Crippen molar-refractivity contribution < 1.29 is 19.1 Å². The monoisotopic (exact) mass is 363 g/mol. The van der Waals surface area contributed by atoms with Crippen LogP contribution in [0.1, 0.15) is 21.6 Å². The van der Waals surface area contributed by atoms with E-state index in [0.29, 0.717) is 11.3 Å². The van der Waals surface area contributed by atoms with Crippen molar-refractivity contribution in [2.45, 2.75) is 13.5 Å². The van der Waals surface area contributed by atoms with Crippen molar-refractivity contribution in [3.63, 3.8) is 0 Å². The lowest BCUT2D eigenvalue weighted by molar-refractivity contribution is -0.136. The maximum atomic E-state index is 12.4. The van der Waals surface area contributed by atoms with Gasteiger partial charge in [-0.15, -0.1) is 0 Å². The van der Waals surface area contributed by atoms with Gasteiger partial charge < -0.3 is 14.0 Å². The third kappa shape index (κ3) is 3.62. The Balaban J connectivity index is 2.08. The first-order valence-electron chi connectivity index (χ1n) is 8.55. The summed E-state index contributed by atoms with van der Waals surface area (Å²) in [7, 11) is 2.95. The van der Waals surface area contributed by atoms with Gasteiger partial charge in [-0.3, -0.25) is 4.79 Å². The molecule has 0 radical (unpaired) electrons. The van der Waals surface area contributed by atoms with Gasteiger partial charge in [0.1, 0.15) is 5.75 Å². The van der Waals surface area contributed by atoms with Crippen LogP contribution < -0.4 is 4.74 Å². The van der Waals surface area contributed by atoms with E-state index in [2.05, 4.69) is 0 Å². The number of benzene rings is 2. The second-order valence-electron chi connectivity index (χ2n) is 6.17. The molecule has 0 saturated carbocycles. The quantitative estimate of drug-likeness (QED) is 0.377. The molecule has 0 bridgehead atoms. The summed E-state index contributed by atoms with van der Waals surface area (Å²) in [4.78, 5) is 24.1. The summed E-state index contributed by atoms with van der Waals surface area (Å²) in [6.07, 6.45) is 2.60. The lowest BCUT2D eigenvalue weighted by Gasteiger charge is -2.11. The van der Waals surface area contributed by atoms with E-state index in [1.165, 1.54) is 7.11 Å². The highest BCUT2D eigenvalue weighted by molar-refractivity contribution is 5.96. The van der Waals surface area contributed by atoms with E-state index in [4.69, 9.17) is 9.47 Å². The molecular weight excluding hydrogens is 342 g/mol. The molecule has 0 aliphatic heterocycles. The van der Waals surface area contributed by atoms with Gasteiger partial charge in [0, 0.05) is 10.9 Å². The molecule has 0 spiro atoms. The van der Waals surface area contributed by atoms with Crippen LogP contribution in [0, 0.1) is 6.92 Å². The minimum absolute atomic E-state index is 0.237. The highest BCUT2D eigenvalue weighted by atomic mass is 16.5. The van der Waals surface area contributed by atoms with Crippen molar-refractivity contribution in [3.05, 3.63) is 70.9 Å². The Hall–Kier alpha value is -3.34. The van der Waals surface area contributed by atoms with E-state index in [1.807, 2.05) is 60.0 Å². The minimum Gasteiger partial charge on any atom is -0.497 e. The predicted octanol–water partition coefficient (Wildman–Crippen LogP) is 4.03. The predicted molar refractivity (Wildman–Crippen MR) is 105 cm³/mol. The number of aryl methyl sites for hydroxylation is 1. The summed E-state index contributed by atoms with van der Waals surface area (Å²) >= 11 is 0. The number of nitrogens with zero attached hydrogens (tertiary/aromatic N) is 1. The smallest absolute Gasteiger partial charge is 0.335 e. The largest absolute Gasteiger partial charge is 0.497 e. The lowest BCUT2D eigenvalue weighted by atomic mass is 10.1. The third-order valence-corrected chi connectivity index (χ3v) is 4.62. The average molecular weight is 363 g/mol. The number of esters is 1. The zero-order chi connectivity index (χ0) is 19.4. The van der Waals surface area contributed by atoms with Gasteiger partial charge in [0.2, 0.25) is 0 Å². The summed E-state index contributed by atoms with van der Waals surface area (Å²) in [6.45, 7) is 2.15. The van der Waals surface area contributed by atoms with Crippen molar-refractivity contribution in [3.8, 4) is 5.75 Å². The van der Waals surface area contributed by atoms with E-state index in [9.17, 15) is 9.59 Å². The van der Waals surface area contributed by atoms with Crippen LogP contribution in [-0.4, -0.2) is 31.0 Å². The SMILES string of the molecule is COC(=O)/C(=C/c1ccc(OC)cc1)Cn1c(C=O)c(C)c2ccccc21. The van der Waals surface area contributed by atoms with Crippen LogP contribution in [0.15, 0.2) is 54.1 Å². The number of methoxy groups -OCH3 is 2. The highest BCUT2D eigenvalue weighted by Gasteiger charge is 2.18. The lowest BCUT2D eigenvalue weighted by Crippen LogP contribution is -2.13. The molecule has 5 heteroatoms. The van der Waals surface area contributed by atoms with Crippen molar-refractivity contribution in [1.82, 2.24) is 4.57 Å². The number of aromatic nitrogens is 1. The molecule has 0 fully saturated rings. The van der Waals surface area contributed by atoms with E-state index < -0.39 is 5.97 Å². The van der Waals surface area contributed by atoms with E-state index >= 15 is 0 Å². The number of rotatable bonds is 6. The fourth-order valence-corrected chi connectivity index (χ4v) is 3.19. The number of aldehydes is 1. The van der Waals surface area contributed by atoms with Crippen molar-refractivity contribution >= 4 is 29.2 Å². The molecule has 0 unspecified atom stereocenters. The molecule has 0 atom stereocenters.